The van der Waals surface area contributed by atoms with Crippen LogP contribution in [0.15, 0.2) is 35.2 Å². The maximum Gasteiger partial charge on any atom is 0.305 e. The molecule has 0 aromatic heterocycles. The molecule has 236 valence electrons. The second kappa shape index (κ2) is 18.1. The molecule has 16 heteroatoms. The van der Waals surface area contributed by atoms with Crippen LogP contribution in [-0.4, -0.2) is 92.6 Å². The van der Waals surface area contributed by atoms with Gasteiger partial charge in [-0.15, -0.1) is 11.8 Å². The number of nitrogens with one attached hydrogen (secondary N) is 4. The molecule has 1 rings (SSSR count). The Labute approximate surface area is 251 Å². The van der Waals surface area contributed by atoms with Gasteiger partial charge in [0.25, 0.3) is 0 Å². The molecule has 0 bridgehead atoms. The standard InChI is InChI=1S/C27H36N4O11S/c1-14(2)24(27(42)30-18(11-22(36)37)20(33)13-43-16-7-5-4-6-8-16)31-25(40)17(9-10-21(34)35)29-26(41)19(12-23(38)39)28-15(3)32/h4-8,14,17-19,24H,9-13H2,1-3H3,(H,28,32)(H,29,41)(H,30,42)(H,31,40)(H,34,35)(H,36,37)(H,38,39)/t17-,18-,19-,24-/m0/s1. The summed E-state index contributed by atoms with van der Waals surface area (Å²) in [6.07, 6.45) is -2.58. The number of rotatable bonds is 19. The average Bonchev–Trinajstić information content (AvgIpc) is 2.91. The van der Waals surface area contributed by atoms with E-state index in [0.717, 1.165) is 23.6 Å². The molecule has 0 fully saturated rings. The predicted octanol–water partition coefficient (Wildman–Crippen LogP) is -0.223. The third-order valence-electron chi connectivity index (χ3n) is 5.81. The summed E-state index contributed by atoms with van der Waals surface area (Å²) in [7, 11) is 0. The van der Waals surface area contributed by atoms with Gasteiger partial charge in [-0.25, -0.2) is 0 Å². The van der Waals surface area contributed by atoms with Gasteiger partial charge in [0.2, 0.25) is 23.6 Å². The Balaban J connectivity index is 3.09. The van der Waals surface area contributed by atoms with Crippen molar-refractivity contribution in [2.24, 2.45) is 5.92 Å². The van der Waals surface area contributed by atoms with Crippen LogP contribution in [0.5, 0.6) is 0 Å². The minimum absolute atomic E-state index is 0.143. The molecule has 1 aromatic rings. The molecule has 7 N–H and O–H groups in total. The van der Waals surface area contributed by atoms with Crippen molar-refractivity contribution in [1.82, 2.24) is 21.3 Å². The maximum atomic E-state index is 13.2. The van der Waals surface area contributed by atoms with Crippen molar-refractivity contribution in [2.45, 2.75) is 75.5 Å². The third-order valence-corrected chi connectivity index (χ3v) is 6.84. The van der Waals surface area contributed by atoms with E-state index in [2.05, 4.69) is 21.3 Å². The van der Waals surface area contributed by atoms with Gasteiger partial charge < -0.3 is 36.6 Å². The second-order valence-electron chi connectivity index (χ2n) is 9.80. The Bertz CT molecular complexity index is 1180. The van der Waals surface area contributed by atoms with Gasteiger partial charge in [-0.1, -0.05) is 32.0 Å². The molecule has 1 aromatic carbocycles. The van der Waals surface area contributed by atoms with Crippen LogP contribution in [0.3, 0.4) is 0 Å². The number of ketones is 1. The molecule has 0 aliphatic heterocycles. The minimum atomic E-state index is -1.57. The number of amides is 4. The van der Waals surface area contributed by atoms with E-state index in [9.17, 15) is 43.5 Å². The van der Waals surface area contributed by atoms with E-state index in [1.54, 1.807) is 44.2 Å². The van der Waals surface area contributed by atoms with E-state index in [1.807, 2.05) is 0 Å². The summed E-state index contributed by atoms with van der Waals surface area (Å²) in [4.78, 5) is 97.8. The van der Waals surface area contributed by atoms with Crippen molar-refractivity contribution in [1.29, 1.82) is 0 Å². The third kappa shape index (κ3) is 14.3. The van der Waals surface area contributed by atoms with E-state index < -0.39 is 103 Å². The Kier molecular flexibility index (Phi) is 15.4. The first-order chi connectivity index (χ1) is 20.1. The van der Waals surface area contributed by atoms with Crippen LogP contribution in [-0.2, 0) is 38.4 Å². The van der Waals surface area contributed by atoms with E-state index >= 15 is 0 Å². The highest BCUT2D eigenvalue weighted by Crippen LogP contribution is 2.18. The minimum Gasteiger partial charge on any atom is -0.481 e. The van der Waals surface area contributed by atoms with Crippen LogP contribution in [0, 0.1) is 5.92 Å². The number of aliphatic carboxylic acids is 3. The number of hydrogen-bond donors (Lipinski definition) is 7. The molecule has 15 nitrogen and oxygen atoms in total. The van der Waals surface area contributed by atoms with Gasteiger partial charge in [0.15, 0.2) is 5.78 Å². The molecule has 0 unspecified atom stereocenters. The van der Waals surface area contributed by atoms with Crippen LogP contribution in [0.25, 0.3) is 0 Å². The fourth-order valence-electron chi connectivity index (χ4n) is 3.68. The van der Waals surface area contributed by atoms with Gasteiger partial charge in [-0.2, -0.15) is 0 Å². The van der Waals surface area contributed by atoms with Gasteiger partial charge in [0, 0.05) is 18.2 Å². The fourth-order valence-corrected chi connectivity index (χ4v) is 4.54. The molecule has 0 aliphatic rings. The van der Waals surface area contributed by atoms with E-state index in [0.29, 0.717) is 0 Å². The zero-order valence-corrected chi connectivity index (χ0v) is 24.6. The molecular weight excluding hydrogens is 588 g/mol. The van der Waals surface area contributed by atoms with Crippen molar-refractivity contribution in [3.8, 4) is 0 Å². The SMILES string of the molecule is CC(=O)N[C@@H](CC(=O)O)C(=O)N[C@@H](CCC(=O)O)C(=O)N[C@H](C(=O)N[C@@H](CC(=O)O)C(=O)CSc1ccccc1)C(C)C. The zero-order chi connectivity index (χ0) is 32.7. The van der Waals surface area contributed by atoms with Crippen LogP contribution in [0.2, 0.25) is 0 Å². The number of benzene rings is 1. The molecule has 4 atom stereocenters. The Morgan fingerprint density at radius 1 is 0.698 bits per heavy atom. The average molecular weight is 625 g/mol. The summed E-state index contributed by atoms with van der Waals surface area (Å²) >= 11 is 1.15. The van der Waals surface area contributed by atoms with E-state index in [1.165, 1.54) is 0 Å². The van der Waals surface area contributed by atoms with Gasteiger partial charge in [-0.3, -0.25) is 38.4 Å². The quantitative estimate of drug-likeness (QED) is 0.0988. The molecule has 0 aliphatic carbocycles. The first kappa shape index (κ1) is 36.6. The van der Waals surface area contributed by atoms with Gasteiger partial charge in [0.05, 0.1) is 24.6 Å². The highest BCUT2D eigenvalue weighted by Gasteiger charge is 2.33. The molecule has 0 radical (unpaired) electrons. The summed E-state index contributed by atoms with van der Waals surface area (Å²) in [6.45, 7) is 4.15. The molecule has 0 saturated carbocycles. The molecule has 0 spiro atoms. The van der Waals surface area contributed by atoms with E-state index in [-0.39, 0.29) is 5.75 Å². The number of carbonyl (C=O) groups is 8. The van der Waals surface area contributed by atoms with Crippen LogP contribution >= 0.6 is 11.8 Å². The second-order valence-corrected chi connectivity index (χ2v) is 10.9. The first-order valence-corrected chi connectivity index (χ1v) is 14.1. The topological polar surface area (TPSA) is 245 Å². The summed E-state index contributed by atoms with van der Waals surface area (Å²) in [5.41, 5.74) is 0. The smallest absolute Gasteiger partial charge is 0.305 e. The fraction of sp³-hybridized carbons (Fsp3) is 0.481. The summed E-state index contributed by atoms with van der Waals surface area (Å²) < 4.78 is 0. The largest absolute Gasteiger partial charge is 0.481 e. The molecular formula is C27H36N4O11S. The van der Waals surface area contributed by atoms with Crippen LogP contribution in [0.4, 0.5) is 0 Å². The molecule has 43 heavy (non-hydrogen) atoms. The Morgan fingerprint density at radius 2 is 1.23 bits per heavy atom. The molecule has 0 saturated heterocycles. The van der Waals surface area contributed by atoms with Crippen molar-refractivity contribution in [2.75, 3.05) is 5.75 Å². The summed E-state index contributed by atoms with van der Waals surface area (Å²) in [5.74, 6) is -9.10. The predicted molar refractivity (Wildman–Crippen MR) is 152 cm³/mol. The van der Waals surface area contributed by atoms with Crippen LogP contribution in [0.1, 0.15) is 46.5 Å². The monoisotopic (exact) mass is 624 g/mol. The highest BCUT2D eigenvalue weighted by atomic mass is 32.2. The number of carboxylic acid groups (broad SMARTS) is 3. The van der Waals surface area contributed by atoms with Crippen molar-refractivity contribution in [3.05, 3.63) is 30.3 Å². The number of carboxylic acids is 3. The van der Waals surface area contributed by atoms with Crippen molar-refractivity contribution >= 4 is 59.1 Å². The number of hydrogen-bond acceptors (Lipinski definition) is 9. The normalized spacial score (nSPS) is 13.5. The lowest BCUT2D eigenvalue weighted by atomic mass is 10.0. The van der Waals surface area contributed by atoms with Gasteiger partial charge in [-0.05, 0) is 24.5 Å². The summed E-state index contributed by atoms with van der Waals surface area (Å²) in [5, 5.41) is 36.6. The number of carbonyl (C=O) groups excluding carboxylic acids is 5. The van der Waals surface area contributed by atoms with Gasteiger partial charge >= 0.3 is 17.9 Å². The van der Waals surface area contributed by atoms with Crippen molar-refractivity contribution in [3.63, 3.8) is 0 Å². The number of thioether (sulfide) groups is 1. The van der Waals surface area contributed by atoms with Crippen LogP contribution < -0.4 is 21.3 Å². The zero-order valence-electron chi connectivity index (χ0n) is 23.8. The highest BCUT2D eigenvalue weighted by molar-refractivity contribution is 8.00. The van der Waals surface area contributed by atoms with Crippen molar-refractivity contribution < 1.29 is 53.7 Å². The molecule has 0 heterocycles. The Hall–Kier alpha value is -4.47. The lowest BCUT2D eigenvalue weighted by Gasteiger charge is -2.27. The lowest BCUT2D eigenvalue weighted by Crippen LogP contribution is -2.59. The Morgan fingerprint density at radius 3 is 1.74 bits per heavy atom. The summed E-state index contributed by atoms with van der Waals surface area (Å²) in [6, 6.07) is 2.93. The van der Waals surface area contributed by atoms with Gasteiger partial charge in [0.1, 0.15) is 18.1 Å². The lowest BCUT2D eigenvalue weighted by molar-refractivity contribution is -0.142. The molecule has 4 amide bonds. The number of Topliss-reactive ketones (excluding diaryl/α,β-unsaturated/α-hetero) is 1. The maximum absolute atomic E-state index is 13.2. The first-order valence-electron chi connectivity index (χ1n) is 13.1. The van der Waals surface area contributed by atoms with E-state index in [4.69, 9.17) is 10.2 Å².